The monoisotopic (exact) mass is 301 g/mol. The summed E-state index contributed by atoms with van der Waals surface area (Å²) in [5.41, 5.74) is -0.539. The zero-order valence-electron chi connectivity index (χ0n) is 13.2. The fraction of sp³-hybridized carbons (Fsp3) is 0.933. The van der Waals surface area contributed by atoms with E-state index in [1.807, 2.05) is 20.8 Å². The molecule has 1 amide bonds. The van der Waals surface area contributed by atoms with Crippen molar-refractivity contribution in [1.82, 2.24) is 4.90 Å². The molecule has 6 heteroatoms. The summed E-state index contributed by atoms with van der Waals surface area (Å²) in [6, 6.07) is -0.242. The topological polar surface area (TPSA) is 68.2 Å². The van der Waals surface area contributed by atoms with Crippen LogP contribution in [-0.4, -0.2) is 59.9 Å². The molecule has 2 rings (SSSR count). The molecule has 2 aliphatic rings. The van der Waals surface area contributed by atoms with Crippen molar-refractivity contribution >= 4 is 6.09 Å². The van der Waals surface area contributed by atoms with Gasteiger partial charge in [0.25, 0.3) is 0 Å². The summed E-state index contributed by atoms with van der Waals surface area (Å²) in [5.74, 6) is 0. The van der Waals surface area contributed by atoms with Crippen LogP contribution in [0.5, 0.6) is 0 Å². The van der Waals surface area contributed by atoms with E-state index in [4.69, 9.17) is 14.2 Å². The predicted octanol–water partition coefficient (Wildman–Crippen LogP) is 1.90. The highest BCUT2D eigenvalue weighted by Crippen LogP contribution is 2.26. The smallest absolute Gasteiger partial charge is 0.410 e. The van der Waals surface area contributed by atoms with Gasteiger partial charge in [0.05, 0.1) is 25.3 Å². The first-order chi connectivity index (χ1) is 9.89. The van der Waals surface area contributed by atoms with E-state index in [9.17, 15) is 9.90 Å². The normalized spacial score (nSPS) is 30.5. The SMILES string of the molecule is CC(C)(C)OC(=O)N1CC(OC2CCCCO2)C[C@@H]1CO. The lowest BCUT2D eigenvalue weighted by Gasteiger charge is -2.28. The van der Waals surface area contributed by atoms with E-state index in [-0.39, 0.29) is 25.0 Å². The second kappa shape index (κ2) is 6.94. The van der Waals surface area contributed by atoms with Crippen LogP contribution in [0.1, 0.15) is 46.5 Å². The molecule has 2 saturated heterocycles. The molecule has 0 aliphatic carbocycles. The Morgan fingerprint density at radius 1 is 1.38 bits per heavy atom. The van der Waals surface area contributed by atoms with Gasteiger partial charge in [0.2, 0.25) is 0 Å². The fourth-order valence-corrected chi connectivity index (χ4v) is 2.72. The molecule has 0 aromatic carbocycles. The highest BCUT2D eigenvalue weighted by Gasteiger charge is 2.38. The molecule has 2 aliphatic heterocycles. The summed E-state index contributed by atoms with van der Waals surface area (Å²) >= 11 is 0. The largest absolute Gasteiger partial charge is 0.444 e. The molecule has 2 heterocycles. The minimum absolute atomic E-state index is 0.0787. The van der Waals surface area contributed by atoms with Gasteiger partial charge in [0, 0.05) is 6.61 Å². The predicted molar refractivity (Wildman–Crippen MR) is 76.9 cm³/mol. The third-order valence-corrected chi connectivity index (χ3v) is 3.70. The molecule has 0 bridgehead atoms. The van der Waals surface area contributed by atoms with E-state index in [0.717, 1.165) is 25.9 Å². The van der Waals surface area contributed by atoms with Crippen LogP contribution in [0.3, 0.4) is 0 Å². The van der Waals surface area contributed by atoms with Crippen LogP contribution >= 0.6 is 0 Å². The van der Waals surface area contributed by atoms with Crippen LogP contribution in [0.25, 0.3) is 0 Å². The molecule has 122 valence electrons. The van der Waals surface area contributed by atoms with Gasteiger partial charge in [0.15, 0.2) is 6.29 Å². The minimum Gasteiger partial charge on any atom is -0.444 e. The lowest BCUT2D eigenvalue weighted by atomic mass is 10.2. The Morgan fingerprint density at radius 3 is 2.71 bits per heavy atom. The van der Waals surface area contributed by atoms with Gasteiger partial charge in [0.1, 0.15) is 5.60 Å². The van der Waals surface area contributed by atoms with Crippen molar-refractivity contribution in [3.63, 3.8) is 0 Å². The van der Waals surface area contributed by atoms with Crippen molar-refractivity contribution in [2.75, 3.05) is 19.8 Å². The standard InChI is InChI=1S/C15H27NO5/c1-15(2,3)21-14(18)16-9-12(8-11(16)10-17)20-13-6-4-5-7-19-13/h11-13,17H,4-10H2,1-3H3/t11-,12?,13?/m1/s1. The van der Waals surface area contributed by atoms with Crippen LogP contribution in [0.15, 0.2) is 0 Å². The summed E-state index contributed by atoms with van der Waals surface area (Å²) in [6.07, 6.45) is 3.03. The summed E-state index contributed by atoms with van der Waals surface area (Å²) in [7, 11) is 0. The molecular formula is C15H27NO5. The Kier molecular flexibility index (Phi) is 5.46. The number of ether oxygens (including phenoxy) is 3. The van der Waals surface area contributed by atoms with E-state index in [0.29, 0.717) is 13.0 Å². The van der Waals surface area contributed by atoms with Gasteiger partial charge >= 0.3 is 6.09 Å². The molecule has 0 aromatic heterocycles. The molecule has 21 heavy (non-hydrogen) atoms. The maximum absolute atomic E-state index is 12.2. The van der Waals surface area contributed by atoms with Crippen molar-refractivity contribution in [3.05, 3.63) is 0 Å². The fourth-order valence-electron chi connectivity index (χ4n) is 2.72. The lowest BCUT2D eigenvalue weighted by molar-refractivity contribution is -0.185. The molecular weight excluding hydrogens is 274 g/mol. The first-order valence-electron chi connectivity index (χ1n) is 7.76. The lowest BCUT2D eigenvalue weighted by Crippen LogP contribution is -2.41. The van der Waals surface area contributed by atoms with E-state index >= 15 is 0 Å². The molecule has 6 nitrogen and oxygen atoms in total. The Hall–Kier alpha value is -0.850. The third-order valence-electron chi connectivity index (χ3n) is 3.70. The number of hydrogen-bond donors (Lipinski definition) is 1. The third kappa shape index (κ3) is 4.83. The van der Waals surface area contributed by atoms with Crippen LogP contribution in [0.2, 0.25) is 0 Å². The molecule has 0 radical (unpaired) electrons. The van der Waals surface area contributed by atoms with Crippen molar-refractivity contribution in [2.45, 2.75) is 70.5 Å². The number of likely N-dealkylation sites (tertiary alicyclic amines) is 1. The maximum atomic E-state index is 12.2. The van der Waals surface area contributed by atoms with E-state index < -0.39 is 11.7 Å². The van der Waals surface area contributed by atoms with Gasteiger partial charge in [-0.1, -0.05) is 0 Å². The molecule has 0 spiro atoms. The first-order valence-corrected chi connectivity index (χ1v) is 7.76. The average molecular weight is 301 g/mol. The molecule has 2 fully saturated rings. The van der Waals surface area contributed by atoms with Gasteiger partial charge in [-0.05, 0) is 46.5 Å². The Morgan fingerprint density at radius 2 is 2.14 bits per heavy atom. The molecule has 0 aromatic rings. The van der Waals surface area contributed by atoms with Crippen LogP contribution in [0, 0.1) is 0 Å². The first kappa shape index (κ1) is 16.5. The highest BCUT2D eigenvalue weighted by atomic mass is 16.7. The Balaban J connectivity index is 1.88. The highest BCUT2D eigenvalue weighted by molar-refractivity contribution is 5.69. The number of carbonyl (C=O) groups is 1. The summed E-state index contributed by atoms with van der Waals surface area (Å²) in [5, 5.41) is 9.47. The van der Waals surface area contributed by atoms with Crippen molar-refractivity contribution in [2.24, 2.45) is 0 Å². The van der Waals surface area contributed by atoms with E-state index in [1.165, 1.54) is 0 Å². The number of rotatable bonds is 3. The Bertz CT molecular complexity index is 348. The second-order valence-electron chi connectivity index (χ2n) is 6.76. The number of hydrogen-bond acceptors (Lipinski definition) is 5. The van der Waals surface area contributed by atoms with Gasteiger partial charge in [-0.3, -0.25) is 0 Å². The second-order valence-corrected chi connectivity index (χ2v) is 6.76. The van der Waals surface area contributed by atoms with Crippen LogP contribution in [-0.2, 0) is 14.2 Å². The number of aliphatic hydroxyl groups is 1. The molecule has 1 N–H and O–H groups in total. The molecule has 3 atom stereocenters. The number of amides is 1. The van der Waals surface area contributed by atoms with Gasteiger partial charge in [-0.25, -0.2) is 4.79 Å². The molecule has 2 unspecified atom stereocenters. The van der Waals surface area contributed by atoms with Crippen molar-refractivity contribution in [1.29, 1.82) is 0 Å². The summed E-state index contributed by atoms with van der Waals surface area (Å²) < 4.78 is 16.9. The van der Waals surface area contributed by atoms with E-state index in [2.05, 4.69) is 0 Å². The van der Waals surface area contributed by atoms with Gasteiger partial charge < -0.3 is 24.2 Å². The number of carbonyl (C=O) groups excluding carboxylic acids is 1. The zero-order chi connectivity index (χ0) is 15.5. The summed E-state index contributed by atoms with van der Waals surface area (Å²) in [6.45, 7) is 6.59. The number of aliphatic hydroxyl groups excluding tert-OH is 1. The van der Waals surface area contributed by atoms with Crippen molar-refractivity contribution in [3.8, 4) is 0 Å². The minimum atomic E-state index is -0.539. The quantitative estimate of drug-likeness (QED) is 0.862. The van der Waals surface area contributed by atoms with Gasteiger partial charge in [-0.2, -0.15) is 0 Å². The van der Waals surface area contributed by atoms with E-state index in [1.54, 1.807) is 4.90 Å². The summed E-state index contributed by atoms with van der Waals surface area (Å²) in [4.78, 5) is 13.7. The molecule has 0 saturated carbocycles. The average Bonchev–Trinajstić information content (AvgIpc) is 2.81. The van der Waals surface area contributed by atoms with Gasteiger partial charge in [-0.15, -0.1) is 0 Å². The zero-order valence-corrected chi connectivity index (χ0v) is 13.2. The Labute approximate surface area is 126 Å². The number of nitrogens with zero attached hydrogens (tertiary/aromatic N) is 1. The van der Waals surface area contributed by atoms with Crippen LogP contribution in [0.4, 0.5) is 4.79 Å². The van der Waals surface area contributed by atoms with Crippen molar-refractivity contribution < 1.29 is 24.1 Å². The maximum Gasteiger partial charge on any atom is 0.410 e. The van der Waals surface area contributed by atoms with Crippen LogP contribution < -0.4 is 0 Å².